The molecule has 23 heavy (non-hydrogen) atoms. The molecule has 0 saturated carbocycles. The van der Waals surface area contributed by atoms with Gasteiger partial charge in [0.25, 0.3) is 0 Å². The number of halogens is 1. The number of carbonyl (C=O) groups is 1. The third-order valence-corrected chi connectivity index (χ3v) is 4.00. The van der Waals surface area contributed by atoms with E-state index >= 15 is 0 Å². The molecule has 3 aromatic rings. The Labute approximate surface area is 140 Å². The highest BCUT2D eigenvalue weighted by molar-refractivity contribution is 9.10. The van der Waals surface area contributed by atoms with E-state index in [0.29, 0.717) is 15.8 Å². The Morgan fingerprint density at radius 2 is 1.87 bits per heavy atom. The second kappa shape index (κ2) is 6.04. The average molecular weight is 377 g/mol. The molecular formula is C17H13BrO5. The maximum absolute atomic E-state index is 11.9. The first-order valence-electron chi connectivity index (χ1n) is 6.90. The number of carbonyl (C=O) groups excluding carboxylic acids is 1. The van der Waals surface area contributed by atoms with Crippen LogP contribution in [0.25, 0.3) is 11.0 Å². The van der Waals surface area contributed by atoms with Gasteiger partial charge in [-0.25, -0.2) is 9.59 Å². The van der Waals surface area contributed by atoms with E-state index in [4.69, 9.17) is 13.6 Å². The summed E-state index contributed by atoms with van der Waals surface area (Å²) in [5.74, 6) is -0.503. The molecule has 0 radical (unpaired) electrons. The minimum atomic E-state index is -0.596. The van der Waals surface area contributed by atoms with Gasteiger partial charge in [-0.05, 0) is 65.2 Å². The van der Waals surface area contributed by atoms with Crippen LogP contribution in [0.5, 0.6) is 0 Å². The van der Waals surface area contributed by atoms with Crippen LogP contribution in [-0.2, 0) is 11.3 Å². The number of aryl methyl sites for hydroxylation is 2. The lowest BCUT2D eigenvalue weighted by Crippen LogP contribution is -2.07. The molecule has 0 saturated heterocycles. The van der Waals surface area contributed by atoms with Crippen LogP contribution in [0, 0.1) is 13.8 Å². The minimum Gasteiger partial charge on any atom is -0.455 e. The normalized spacial score (nSPS) is 10.9. The molecule has 0 bridgehead atoms. The summed E-state index contributed by atoms with van der Waals surface area (Å²) in [7, 11) is 0. The van der Waals surface area contributed by atoms with Crippen LogP contribution in [0.2, 0.25) is 0 Å². The summed E-state index contributed by atoms with van der Waals surface area (Å²) >= 11 is 3.13. The van der Waals surface area contributed by atoms with E-state index in [1.165, 1.54) is 12.1 Å². The van der Waals surface area contributed by atoms with Gasteiger partial charge in [0.2, 0.25) is 5.76 Å². The zero-order chi connectivity index (χ0) is 16.6. The fourth-order valence-electron chi connectivity index (χ4n) is 2.24. The second-order valence-corrected chi connectivity index (χ2v) is 5.98. The zero-order valence-corrected chi connectivity index (χ0v) is 14.1. The first-order valence-corrected chi connectivity index (χ1v) is 7.70. The molecule has 0 spiro atoms. The zero-order valence-electron chi connectivity index (χ0n) is 12.5. The number of hydrogen-bond acceptors (Lipinski definition) is 5. The number of furan rings is 1. The highest BCUT2D eigenvalue weighted by atomic mass is 79.9. The van der Waals surface area contributed by atoms with Crippen LogP contribution in [0.15, 0.2) is 48.6 Å². The highest BCUT2D eigenvalue weighted by Gasteiger charge is 2.14. The monoisotopic (exact) mass is 376 g/mol. The molecule has 0 aliphatic heterocycles. The smallest absolute Gasteiger partial charge is 0.374 e. The van der Waals surface area contributed by atoms with Gasteiger partial charge in [0.05, 0.1) is 0 Å². The summed E-state index contributed by atoms with van der Waals surface area (Å²) in [5, 5.41) is 0.751. The van der Waals surface area contributed by atoms with E-state index in [-0.39, 0.29) is 12.4 Å². The lowest BCUT2D eigenvalue weighted by atomic mass is 10.0. The van der Waals surface area contributed by atoms with Gasteiger partial charge in [-0.15, -0.1) is 0 Å². The number of esters is 1. The van der Waals surface area contributed by atoms with Gasteiger partial charge in [-0.1, -0.05) is 0 Å². The topological polar surface area (TPSA) is 69.7 Å². The standard InChI is InChI=1S/C17H13BrO5/c1-9-5-12-11(7-16(19)23-14(12)6-10(9)2)8-21-17(20)13-3-4-15(18)22-13/h3-7H,8H2,1-2H3. The van der Waals surface area contributed by atoms with E-state index < -0.39 is 11.6 Å². The van der Waals surface area contributed by atoms with Gasteiger partial charge >= 0.3 is 11.6 Å². The quantitative estimate of drug-likeness (QED) is 0.507. The Bertz CT molecular complexity index is 951. The van der Waals surface area contributed by atoms with Crippen molar-refractivity contribution in [1.29, 1.82) is 0 Å². The molecule has 0 aliphatic carbocycles. The SMILES string of the molecule is Cc1cc2oc(=O)cc(COC(=O)c3ccc(Br)o3)c2cc1C. The molecule has 0 unspecified atom stereocenters. The Hall–Kier alpha value is -2.34. The molecule has 2 heterocycles. The van der Waals surface area contributed by atoms with E-state index in [1.807, 2.05) is 19.9 Å². The Morgan fingerprint density at radius 3 is 2.57 bits per heavy atom. The van der Waals surface area contributed by atoms with Crippen LogP contribution in [0.4, 0.5) is 0 Å². The summed E-state index contributed by atoms with van der Waals surface area (Å²) in [6, 6.07) is 8.18. The summed E-state index contributed by atoms with van der Waals surface area (Å²) in [5.41, 5.74) is 2.68. The first kappa shape index (κ1) is 15.6. The molecular weight excluding hydrogens is 364 g/mol. The van der Waals surface area contributed by atoms with E-state index in [1.54, 1.807) is 12.1 Å². The predicted molar refractivity (Wildman–Crippen MR) is 87.5 cm³/mol. The molecule has 3 rings (SSSR count). The Morgan fingerprint density at radius 1 is 1.13 bits per heavy atom. The van der Waals surface area contributed by atoms with Gasteiger partial charge in [0, 0.05) is 17.0 Å². The molecule has 5 nitrogen and oxygen atoms in total. The van der Waals surface area contributed by atoms with Gasteiger partial charge in [-0.3, -0.25) is 0 Å². The Balaban J connectivity index is 1.92. The largest absolute Gasteiger partial charge is 0.455 e. The highest BCUT2D eigenvalue weighted by Crippen LogP contribution is 2.23. The van der Waals surface area contributed by atoms with E-state index in [9.17, 15) is 9.59 Å². The lowest BCUT2D eigenvalue weighted by Gasteiger charge is -2.08. The van der Waals surface area contributed by atoms with Gasteiger partial charge in [0.15, 0.2) is 4.67 Å². The number of ether oxygens (including phenoxy) is 1. The van der Waals surface area contributed by atoms with Crippen molar-refractivity contribution in [1.82, 2.24) is 0 Å². The summed E-state index contributed by atoms with van der Waals surface area (Å²) in [6.07, 6.45) is 0. The number of benzene rings is 1. The molecule has 0 atom stereocenters. The maximum atomic E-state index is 11.9. The molecule has 6 heteroatoms. The molecule has 2 aromatic heterocycles. The molecule has 0 amide bonds. The van der Waals surface area contributed by atoms with Crippen molar-refractivity contribution in [2.75, 3.05) is 0 Å². The lowest BCUT2D eigenvalue weighted by molar-refractivity contribution is 0.0436. The van der Waals surface area contributed by atoms with Crippen molar-refractivity contribution < 1.29 is 18.4 Å². The van der Waals surface area contributed by atoms with Crippen molar-refractivity contribution in [2.45, 2.75) is 20.5 Å². The molecule has 1 aromatic carbocycles. The van der Waals surface area contributed by atoms with Gasteiger partial charge in [0.1, 0.15) is 12.2 Å². The minimum absolute atomic E-state index is 0.0399. The van der Waals surface area contributed by atoms with E-state index in [0.717, 1.165) is 16.5 Å². The first-order chi connectivity index (χ1) is 10.9. The van der Waals surface area contributed by atoms with Crippen LogP contribution >= 0.6 is 15.9 Å². The fraction of sp³-hybridized carbons (Fsp3) is 0.176. The third-order valence-electron chi connectivity index (χ3n) is 3.58. The summed E-state index contributed by atoms with van der Waals surface area (Å²) < 4.78 is 16.0. The van der Waals surface area contributed by atoms with Crippen molar-refractivity contribution in [3.05, 3.63) is 67.9 Å². The summed E-state index contributed by atoms with van der Waals surface area (Å²) in [6.45, 7) is 3.87. The predicted octanol–water partition coefficient (Wildman–Crippen LogP) is 4.12. The molecule has 0 aliphatic rings. The van der Waals surface area contributed by atoms with Crippen molar-refractivity contribution >= 4 is 32.9 Å². The number of fused-ring (bicyclic) bond motifs is 1. The van der Waals surface area contributed by atoms with Crippen LogP contribution in [-0.4, -0.2) is 5.97 Å². The van der Waals surface area contributed by atoms with Gasteiger partial charge < -0.3 is 13.6 Å². The molecule has 0 fully saturated rings. The van der Waals surface area contributed by atoms with Crippen LogP contribution in [0.1, 0.15) is 27.2 Å². The Kier molecular flexibility index (Phi) is 4.09. The van der Waals surface area contributed by atoms with Crippen LogP contribution < -0.4 is 5.63 Å². The van der Waals surface area contributed by atoms with Gasteiger partial charge in [-0.2, -0.15) is 0 Å². The summed E-state index contributed by atoms with van der Waals surface area (Å²) in [4.78, 5) is 23.6. The fourth-order valence-corrected chi connectivity index (χ4v) is 2.55. The number of hydrogen-bond donors (Lipinski definition) is 0. The van der Waals surface area contributed by atoms with E-state index in [2.05, 4.69) is 15.9 Å². The third kappa shape index (κ3) is 3.22. The molecule has 0 N–H and O–H groups in total. The van der Waals surface area contributed by atoms with Crippen molar-refractivity contribution in [3.8, 4) is 0 Å². The average Bonchev–Trinajstić information content (AvgIpc) is 2.93. The van der Waals surface area contributed by atoms with Crippen molar-refractivity contribution in [3.63, 3.8) is 0 Å². The maximum Gasteiger partial charge on any atom is 0.374 e. The van der Waals surface area contributed by atoms with Crippen LogP contribution in [0.3, 0.4) is 0 Å². The van der Waals surface area contributed by atoms with Crippen molar-refractivity contribution in [2.24, 2.45) is 0 Å². The second-order valence-electron chi connectivity index (χ2n) is 5.20. The molecule has 118 valence electrons. The number of rotatable bonds is 3.